The zero-order valence-corrected chi connectivity index (χ0v) is 17.2. The fourth-order valence-electron chi connectivity index (χ4n) is 4.07. The number of alkyl carbamates (subject to hydrolysis) is 1. The number of anilines is 1. The number of rotatable bonds is 3. The Hall–Kier alpha value is -4.37. The minimum atomic E-state index is -0.489. The van der Waals surface area contributed by atoms with Crippen molar-refractivity contribution in [1.82, 2.24) is 15.3 Å². The van der Waals surface area contributed by atoms with Crippen molar-refractivity contribution in [2.45, 2.75) is 5.92 Å². The molecule has 0 spiro atoms. The minimum Gasteiger partial charge on any atom is -0.449 e. The van der Waals surface area contributed by atoms with Gasteiger partial charge >= 0.3 is 6.09 Å². The van der Waals surface area contributed by atoms with Crippen LogP contribution in [0.4, 0.5) is 10.6 Å². The van der Waals surface area contributed by atoms with E-state index < -0.39 is 6.09 Å². The molecule has 1 aliphatic rings. The summed E-state index contributed by atoms with van der Waals surface area (Å²) in [6.45, 7) is 0.451. The molecule has 0 atom stereocenters. The maximum Gasteiger partial charge on any atom is 0.407 e. The topological polar surface area (TPSA) is 90.1 Å². The van der Waals surface area contributed by atoms with E-state index in [1.54, 1.807) is 0 Å². The van der Waals surface area contributed by atoms with Crippen LogP contribution >= 0.6 is 0 Å². The van der Waals surface area contributed by atoms with Crippen LogP contribution in [0, 0.1) is 11.8 Å². The van der Waals surface area contributed by atoms with Gasteiger partial charge in [-0.15, -0.1) is 0 Å². The Bertz CT molecular complexity index is 1340. The Labute approximate surface area is 185 Å². The molecule has 3 N–H and O–H groups in total. The molecule has 1 heterocycles. The molecule has 1 amide bonds. The molecule has 0 saturated carbocycles. The van der Waals surface area contributed by atoms with Crippen LogP contribution in [0.3, 0.4) is 0 Å². The molecule has 0 aliphatic heterocycles. The van der Waals surface area contributed by atoms with E-state index in [2.05, 4.69) is 51.4 Å². The number of benzene rings is 3. The van der Waals surface area contributed by atoms with Crippen LogP contribution in [-0.2, 0) is 4.74 Å². The van der Waals surface area contributed by atoms with Crippen LogP contribution in [0.5, 0.6) is 0 Å². The highest BCUT2D eigenvalue weighted by Gasteiger charge is 2.28. The van der Waals surface area contributed by atoms with E-state index in [0.29, 0.717) is 5.82 Å². The molecule has 6 nitrogen and oxygen atoms in total. The summed E-state index contributed by atoms with van der Waals surface area (Å²) >= 11 is 0. The van der Waals surface area contributed by atoms with Gasteiger partial charge in [0.1, 0.15) is 18.8 Å². The fraction of sp³-hybridized carbons (Fsp3) is 0.115. The van der Waals surface area contributed by atoms with Crippen LogP contribution < -0.4 is 11.1 Å². The molecular formula is C26H20N4O2. The van der Waals surface area contributed by atoms with Crippen LogP contribution in [0.2, 0.25) is 0 Å². The Morgan fingerprint density at radius 1 is 1.00 bits per heavy atom. The van der Waals surface area contributed by atoms with E-state index in [1.165, 1.54) is 28.6 Å². The predicted octanol–water partition coefficient (Wildman–Crippen LogP) is 4.10. The van der Waals surface area contributed by atoms with Crippen molar-refractivity contribution in [2.24, 2.45) is 0 Å². The highest BCUT2D eigenvalue weighted by Crippen LogP contribution is 2.44. The van der Waals surface area contributed by atoms with Gasteiger partial charge in [0.15, 0.2) is 0 Å². The van der Waals surface area contributed by atoms with Crippen LogP contribution in [0.1, 0.15) is 22.6 Å². The Morgan fingerprint density at radius 3 is 2.47 bits per heavy atom. The van der Waals surface area contributed by atoms with Crippen molar-refractivity contribution in [3.8, 4) is 23.0 Å². The second-order valence-corrected chi connectivity index (χ2v) is 7.47. The maximum absolute atomic E-state index is 12.2. The summed E-state index contributed by atoms with van der Waals surface area (Å²) in [5.74, 6) is 6.39. The zero-order chi connectivity index (χ0) is 21.9. The third-order valence-electron chi connectivity index (χ3n) is 5.56. The van der Waals surface area contributed by atoms with Crippen LogP contribution in [-0.4, -0.2) is 29.2 Å². The van der Waals surface area contributed by atoms with Gasteiger partial charge in [-0.25, -0.2) is 14.8 Å². The first-order chi connectivity index (χ1) is 15.7. The Morgan fingerprint density at radius 2 is 1.72 bits per heavy atom. The SMILES string of the molecule is Nc1ncnc2ccc(C#CCNC(=O)OCC3c4ccccc4-c4ccccc43)cc12. The number of hydrogen-bond acceptors (Lipinski definition) is 5. The summed E-state index contributed by atoms with van der Waals surface area (Å²) in [5, 5.41) is 3.44. The predicted molar refractivity (Wildman–Crippen MR) is 124 cm³/mol. The lowest BCUT2D eigenvalue weighted by molar-refractivity contribution is 0.144. The third kappa shape index (κ3) is 3.72. The smallest absolute Gasteiger partial charge is 0.407 e. The van der Waals surface area contributed by atoms with E-state index in [1.807, 2.05) is 42.5 Å². The molecule has 156 valence electrons. The van der Waals surface area contributed by atoms with Gasteiger partial charge in [-0.1, -0.05) is 60.4 Å². The molecule has 0 bridgehead atoms. The summed E-state index contributed by atoms with van der Waals surface area (Å²) < 4.78 is 5.51. The maximum atomic E-state index is 12.2. The average Bonchev–Trinajstić information content (AvgIpc) is 3.15. The number of aromatic nitrogens is 2. The third-order valence-corrected chi connectivity index (χ3v) is 5.56. The largest absolute Gasteiger partial charge is 0.449 e. The molecule has 0 unspecified atom stereocenters. The summed E-state index contributed by atoms with van der Waals surface area (Å²) in [7, 11) is 0. The van der Waals surface area contributed by atoms with Gasteiger partial charge < -0.3 is 15.8 Å². The number of fused-ring (bicyclic) bond motifs is 4. The van der Waals surface area contributed by atoms with Crippen molar-refractivity contribution in [2.75, 3.05) is 18.9 Å². The lowest BCUT2D eigenvalue weighted by Gasteiger charge is -2.14. The summed E-state index contributed by atoms with van der Waals surface area (Å²) in [4.78, 5) is 20.4. The van der Waals surface area contributed by atoms with E-state index in [-0.39, 0.29) is 19.1 Å². The minimum absolute atomic E-state index is 0.0320. The number of nitrogen functional groups attached to an aromatic ring is 1. The molecule has 0 radical (unpaired) electrons. The molecule has 5 rings (SSSR count). The fourth-order valence-corrected chi connectivity index (χ4v) is 4.07. The number of carbonyl (C=O) groups is 1. The first kappa shape index (κ1) is 19.6. The number of nitrogens with two attached hydrogens (primary N) is 1. The molecule has 32 heavy (non-hydrogen) atoms. The number of nitrogens with zero attached hydrogens (tertiary/aromatic N) is 2. The van der Waals surface area contributed by atoms with Gasteiger partial charge in [-0.2, -0.15) is 0 Å². The molecule has 3 aromatic carbocycles. The quantitative estimate of drug-likeness (QED) is 0.487. The Kier molecular flexibility index (Phi) is 5.14. The van der Waals surface area contributed by atoms with Crippen molar-refractivity contribution in [3.05, 3.63) is 89.7 Å². The van der Waals surface area contributed by atoms with Crippen molar-refractivity contribution >= 4 is 22.8 Å². The van der Waals surface area contributed by atoms with E-state index >= 15 is 0 Å². The van der Waals surface area contributed by atoms with E-state index in [4.69, 9.17) is 10.5 Å². The van der Waals surface area contributed by atoms with Crippen LogP contribution in [0.15, 0.2) is 73.1 Å². The van der Waals surface area contributed by atoms with Gasteiger partial charge in [0.05, 0.1) is 12.1 Å². The molecule has 0 saturated heterocycles. The lowest BCUT2D eigenvalue weighted by Crippen LogP contribution is -2.26. The zero-order valence-electron chi connectivity index (χ0n) is 17.2. The number of hydrogen-bond donors (Lipinski definition) is 2. The number of carbonyl (C=O) groups excluding carboxylic acids is 1. The van der Waals surface area contributed by atoms with Gasteiger partial charge in [0, 0.05) is 16.9 Å². The highest BCUT2D eigenvalue weighted by atomic mass is 16.5. The number of amides is 1. The van der Waals surface area contributed by atoms with Gasteiger partial charge in [0.25, 0.3) is 0 Å². The first-order valence-electron chi connectivity index (χ1n) is 10.3. The number of ether oxygens (including phenoxy) is 1. The van der Waals surface area contributed by atoms with Crippen molar-refractivity contribution in [3.63, 3.8) is 0 Å². The van der Waals surface area contributed by atoms with Crippen molar-refractivity contribution < 1.29 is 9.53 Å². The summed E-state index contributed by atoms with van der Waals surface area (Å²) in [6, 6.07) is 22.0. The standard InChI is InChI=1S/C26H20N4O2/c27-25-22-14-17(11-12-24(22)29-16-30-25)6-5-13-28-26(31)32-15-23-20-9-3-1-7-18(20)19-8-2-4-10-21(19)23/h1-4,7-12,14,16,23H,13,15H2,(H,28,31)(H2,27,29,30). The van der Waals surface area contributed by atoms with Gasteiger partial charge in [-0.05, 0) is 40.5 Å². The lowest BCUT2D eigenvalue weighted by atomic mass is 9.98. The monoisotopic (exact) mass is 420 g/mol. The molecular weight excluding hydrogens is 400 g/mol. The summed E-state index contributed by atoms with van der Waals surface area (Å²) in [6.07, 6.45) is 0.943. The molecule has 4 aromatic rings. The first-order valence-corrected chi connectivity index (χ1v) is 10.3. The summed E-state index contributed by atoms with van der Waals surface area (Å²) in [5.41, 5.74) is 12.2. The average molecular weight is 420 g/mol. The second kappa shape index (κ2) is 8.40. The van der Waals surface area contributed by atoms with E-state index in [9.17, 15) is 4.79 Å². The molecule has 0 fully saturated rings. The van der Waals surface area contributed by atoms with Gasteiger partial charge in [-0.3, -0.25) is 0 Å². The van der Waals surface area contributed by atoms with E-state index in [0.717, 1.165) is 16.5 Å². The number of nitrogens with one attached hydrogen (secondary N) is 1. The second-order valence-electron chi connectivity index (χ2n) is 7.47. The van der Waals surface area contributed by atoms with Gasteiger partial charge in [0.2, 0.25) is 0 Å². The molecule has 1 aromatic heterocycles. The molecule has 1 aliphatic carbocycles. The molecule has 6 heteroatoms. The van der Waals surface area contributed by atoms with Crippen LogP contribution in [0.25, 0.3) is 22.0 Å². The normalized spacial score (nSPS) is 11.9. The Balaban J connectivity index is 1.20. The highest BCUT2D eigenvalue weighted by molar-refractivity contribution is 5.88. The van der Waals surface area contributed by atoms with Crippen molar-refractivity contribution in [1.29, 1.82) is 0 Å².